The number of amides is 1. The van der Waals surface area contributed by atoms with Crippen molar-refractivity contribution < 1.29 is 9.18 Å². The molecule has 2 N–H and O–H groups in total. The molecular weight excluding hydrogens is 231 g/mol. The summed E-state index contributed by atoms with van der Waals surface area (Å²) in [5.74, 6) is -0.355. The number of likely N-dealkylation sites (tertiary alicyclic amines) is 1. The van der Waals surface area contributed by atoms with Gasteiger partial charge < -0.3 is 10.6 Å². The molecule has 1 unspecified atom stereocenters. The number of anilines is 1. The highest BCUT2D eigenvalue weighted by Gasteiger charge is 2.32. The minimum atomic E-state index is -0.533. The number of carbonyl (C=O) groups excluding carboxylic acids is 1. The molecule has 1 aliphatic heterocycles. The Labute approximate surface area is 107 Å². The highest BCUT2D eigenvalue weighted by atomic mass is 19.1. The van der Waals surface area contributed by atoms with Crippen LogP contribution in [0, 0.1) is 11.7 Å². The Bertz CT molecular complexity index is 459. The Kier molecular flexibility index (Phi) is 3.55. The van der Waals surface area contributed by atoms with Gasteiger partial charge in [-0.3, -0.25) is 4.79 Å². The second-order valence-corrected chi connectivity index (χ2v) is 5.19. The fourth-order valence-electron chi connectivity index (χ4n) is 2.60. The van der Waals surface area contributed by atoms with Crippen LogP contribution in [0.3, 0.4) is 0 Å². The lowest BCUT2D eigenvalue weighted by molar-refractivity contribution is 0.0697. The molecule has 3 nitrogen and oxygen atoms in total. The van der Waals surface area contributed by atoms with E-state index in [2.05, 4.69) is 13.8 Å². The highest BCUT2D eigenvalue weighted by Crippen LogP contribution is 2.26. The SMILES string of the molecule is CC(C)C1CCCN1C(=O)c1ccc(N)cc1F. The Morgan fingerprint density at radius 2 is 2.22 bits per heavy atom. The fraction of sp³-hybridized carbons (Fsp3) is 0.500. The molecule has 1 aromatic rings. The molecule has 1 amide bonds. The van der Waals surface area contributed by atoms with E-state index in [9.17, 15) is 9.18 Å². The standard InChI is InChI=1S/C14H19FN2O/c1-9(2)13-4-3-7-17(13)14(18)11-6-5-10(16)8-12(11)15/h5-6,8-9,13H,3-4,7,16H2,1-2H3. The van der Waals surface area contributed by atoms with Crippen molar-refractivity contribution in [2.75, 3.05) is 12.3 Å². The van der Waals surface area contributed by atoms with Crippen molar-refractivity contribution in [1.82, 2.24) is 4.90 Å². The number of halogens is 1. The molecular formula is C14H19FN2O. The number of nitrogens with zero attached hydrogens (tertiary/aromatic N) is 1. The number of carbonyl (C=O) groups is 1. The zero-order chi connectivity index (χ0) is 13.3. The maximum Gasteiger partial charge on any atom is 0.257 e. The van der Waals surface area contributed by atoms with E-state index in [1.54, 1.807) is 11.0 Å². The van der Waals surface area contributed by atoms with Crippen molar-refractivity contribution in [1.29, 1.82) is 0 Å². The van der Waals surface area contributed by atoms with Crippen molar-refractivity contribution in [3.8, 4) is 0 Å². The summed E-state index contributed by atoms with van der Waals surface area (Å²) in [7, 11) is 0. The molecule has 1 aromatic carbocycles. The number of nitrogens with two attached hydrogens (primary N) is 1. The average molecular weight is 250 g/mol. The first kappa shape index (κ1) is 12.9. The van der Waals surface area contributed by atoms with Crippen LogP contribution in [0.1, 0.15) is 37.0 Å². The van der Waals surface area contributed by atoms with Crippen LogP contribution < -0.4 is 5.73 Å². The minimum absolute atomic E-state index is 0.122. The van der Waals surface area contributed by atoms with E-state index in [0.717, 1.165) is 12.8 Å². The van der Waals surface area contributed by atoms with Crippen LogP contribution in [0.15, 0.2) is 18.2 Å². The van der Waals surface area contributed by atoms with Crippen molar-refractivity contribution >= 4 is 11.6 Å². The fourth-order valence-corrected chi connectivity index (χ4v) is 2.60. The van der Waals surface area contributed by atoms with E-state index < -0.39 is 5.82 Å². The third-order valence-electron chi connectivity index (χ3n) is 3.55. The molecule has 1 saturated heterocycles. The molecule has 2 rings (SSSR count). The van der Waals surface area contributed by atoms with Gasteiger partial charge in [0.1, 0.15) is 5.82 Å². The summed E-state index contributed by atoms with van der Waals surface area (Å²) in [5.41, 5.74) is 5.95. The van der Waals surface area contributed by atoms with Gasteiger partial charge in [0.15, 0.2) is 0 Å². The normalized spacial score (nSPS) is 19.6. The number of hydrogen-bond donors (Lipinski definition) is 1. The molecule has 18 heavy (non-hydrogen) atoms. The number of benzene rings is 1. The predicted molar refractivity (Wildman–Crippen MR) is 69.7 cm³/mol. The molecule has 1 atom stereocenters. The summed E-state index contributed by atoms with van der Waals surface area (Å²) in [4.78, 5) is 14.1. The lowest BCUT2D eigenvalue weighted by atomic mass is 10.0. The predicted octanol–water partition coefficient (Wildman–Crippen LogP) is 2.67. The zero-order valence-corrected chi connectivity index (χ0v) is 10.8. The Morgan fingerprint density at radius 1 is 1.50 bits per heavy atom. The molecule has 0 spiro atoms. The number of hydrogen-bond acceptors (Lipinski definition) is 2. The van der Waals surface area contributed by atoms with Crippen LogP contribution in [0.25, 0.3) is 0 Å². The Morgan fingerprint density at radius 3 is 2.83 bits per heavy atom. The average Bonchev–Trinajstić information content (AvgIpc) is 2.77. The van der Waals surface area contributed by atoms with Crippen LogP contribution in [-0.4, -0.2) is 23.4 Å². The smallest absolute Gasteiger partial charge is 0.257 e. The van der Waals surface area contributed by atoms with Crippen LogP contribution in [0.5, 0.6) is 0 Å². The molecule has 1 heterocycles. The molecule has 1 aliphatic rings. The van der Waals surface area contributed by atoms with Gasteiger partial charge in [0, 0.05) is 18.3 Å². The van der Waals surface area contributed by atoms with Crippen LogP contribution in [0.2, 0.25) is 0 Å². The second-order valence-electron chi connectivity index (χ2n) is 5.19. The van der Waals surface area contributed by atoms with Gasteiger partial charge in [-0.1, -0.05) is 13.8 Å². The number of rotatable bonds is 2. The zero-order valence-electron chi connectivity index (χ0n) is 10.8. The first-order valence-electron chi connectivity index (χ1n) is 6.36. The van der Waals surface area contributed by atoms with Crippen LogP contribution >= 0.6 is 0 Å². The maximum absolute atomic E-state index is 13.8. The van der Waals surface area contributed by atoms with Crippen molar-refractivity contribution in [2.24, 2.45) is 5.92 Å². The summed E-state index contributed by atoms with van der Waals surface area (Å²) < 4.78 is 13.8. The molecule has 1 fully saturated rings. The molecule has 0 aromatic heterocycles. The largest absolute Gasteiger partial charge is 0.399 e. The molecule has 0 aliphatic carbocycles. The molecule has 98 valence electrons. The van der Waals surface area contributed by atoms with Crippen LogP contribution in [-0.2, 0) is 0 Å². The van der Waals surface area contributed by atoms with Crippen molar-refractivity contribution in [3.63, 3.8) is 0 Å². The minimum Gasteiger partial charge on any atom is -0.399 e. The Hall–Kier alpha value is -1.58. The van der Waals surface area contributed by atoms with Crippen molar-refractivity contribution in [2.45, 2.75) is 32.7 Å². The highest BCUT2D eigenvalue weighted by molar-refractivity contribution is 5.95. The van der Waals surface area contributed by atoms with Gasteiger partial charge >= 0.3 is 0 Å². The quantitative estimate of drug-likeness (QED) is 0.820. The third kappa shape index (κ3) is 2.33. The molecule has 0 bridgehead atoms. The first-order valence-corrected chi connectivity index (χ1v) is 6.36. The van der Waals surface area contributed by atoms with Gasteiger partial charge in [0.25, 0.3) is 5.91 Å². The van der Waals surface area contributed by atoms with Gasteiger partial charge in [-0.25, -0.2) is 4.39 Å². The van der Waals surface area contributed by atoms with E-state index in [0.29, 0.717) is 18.2 Å². The lowest BCUT2D eigenvalue weighted by Gasteiger charge is -2.27. The van der Waals surface area contributed by atoms with Crippen LogP contribution in [0.4, 0.5) is 10.1 Å². The molecule has 0 radical (unpaired) electrons. The molecule has 4 heteroatoms. The van der Waals surface area contributed by atoms with E-state index in [4.69, 9.17) is 5.73 Å². The maximum atomic E-state index is 13.8. The topological polar surface area (TPSA) is 46.3 Å². The van der Waals surface area contributed by atoms with E-state index in [-0.39, 0.29) is 17.5 Å². The third-order valence-corrected chi connectivity index (χ3v) is 3.55. The van der Waals surface area contributed by atoms with E-state index in [1.165, 1.54) is 12.1 Å². The number of nitrogen functional groups attached to an aromatic ring is 1. The first-order chi connectivity index (χ1) is 8.50. The summed E-state index contributed by atoms with van der Waals surface area (Å²) in [6.07, 6.45) is 1.99. The van der Waals surface area contributed by atoms with Gasteiger partial charge in [0.05, 0.1) is 5.56 Å². The van der Waals surface area contributed by atoms with E-state index >= 15 is 0 Å². The Balaban J connectivity index is 2.25. The second kappa shape index (κ2) is 4.96. The van der Waals surface area contributed by atoms with Gasteiger partial charge in [-0.15, -0.1) is 0 Å². The molecule has 0 saturated carbocycles. The summed E-state index contributed by atoms with van der Waals surface area (Å²) in [6, 6.07) is 4.46. The van der Waals surface area contributed by atoms with Gasteiger partial charge in [-0.05, 0) is 37.0 Å². The van der Waals surface area contributed by atoms with Crippen molar-refractivity contribution in [3.05, 3.63) is 29.6 Å². The summed E-state index contributed by atoms with van der Waals surface area (Å²) in [5, 5.41) is 0. The lowest BCUT2D eigenvalue weighted by Crippen LogP contribution is -2.38. The van der Waals surface area contributed by atoms with Gasteiger partial charge in [0.2, 0.25) is 0 Å². The monoisotopic (exact) mass is 250 g/mol. The summed E-state index contributed by atoms with van der Waals surface area (Å²) in [6.45, 7) is 4.90. The van der Waals surface area contributed by atoms with E-state index in [1.807, 2.05) is 0 Å². The van der Waals surface area contributed by atoms with Gasteiger partial charge in [-0.2, -0.15) is 0 Å². The summed E-state index contributed by atoms with van der Waals surface area (Å²) >= 11 is 0.